The van der Waals surface area contributed by atoms with Crippen molar-refractivity contribution in [1.29, 1.82) is 0 Å². The Bertz CT molecular complexity index is 466. The van der Waals surface area contributed by atoms with Crippen molar-refractivity contribution in [3.63, 3.8) is 0 Å². The average Bonchev–Trinajstić information content (AvgIpc) is 2.53. The molecule has 0 aliphatic heterocycles. The first-order valence-corrected chi connectivity index (χ1v) is 8.32. The maximum absolute atomic E-state index is 11.8. The molecule has 0 aliphatic rings. The van der Waals surface area contributed by atoms with Crippen LogP contribution in [0.15, 0.2) is 29.4 Å². The van der Waals surface area contributed by atoms with Gasteiger partial charge < -0.3 is 5.11 Å². The second kappa shape index (κ2) is 10.8. The van der Waals surface area contributed by atoms with Gasteiger partial charge >= 0.3 is 0 Å². The lowest BCUT2D eigenvalue weighted by Gasteiger charge is -2.05. The predicted molar refractivity (Wildman–Crippen MR) is 91.1 cm³/mol. The summed E-state index contributed by atoms with van der Waals surface area (Å²) in [6.45, 7) is 4.19. The number of unbranched alkanes of at least 4 members (excludes halogenated alkanes) is 5. The summed E-state index contributed by atoms with van der Waals surface area (Å²) >= 11 is 0. The van der Waals surface area contributed by atoms with Crippen LogP contribution in [0.25, 0.3) is 0 Å². The quantitative estimate of drug-likeness (QED) is 0.383. The molecule has 0 spiro atoms. The van der Waals surface area contributed by atoms with Gasteiger partial charge in [-0.2, -0.15) is 5.10 Å². The molecule has 122 valence electrons. The Morgan fingerprint density at radius 1 is 1.05 bits per heavy atom. The molecule has 4 nitrogen and oxygen atoms in total. The van der Waals surface area contributed by atoms with Crippen molar-refractivity contribution >= 4 is 11.6 Å². The lowest BCUT2D eigenvalue weighted by Crippen LogP contribution is -2.19. The van der Waals surface area contributed by atoms with Gasteiger partial charge in [0.25, 0.3) is 0 Å². The van der Waals surface area contributed by atoms with Crippen LogP contribution in [0, 0.1) is 0 Å². The van der Waals surface area contributed by atoms with Gasteiger partial charge in [0.05, 0.1) is 5.71 Å². The molecule has 0 radical (unpaired) electrons. The summed E-state index contributed by atoms with van der Waals surface area (Å²) in [5.41, 5.74) is 4.37. The second-order valence-electron chi connectivity index (χ2n) is 5.51. The highest BCUT2D eigenvalue weighted by Crippen LogP contribution is 2.12. The van der Waals surface area contributed by atoms with Crippen LogP contribution in [0.4, 0.5) is 0 Å². The van der Waals surface area contributed by atoms with Gasteiger partial charge in [0.1, 0.15) is 5.75 Å². The zero-order chi connectivity index (χ0) is 16.2. The van der Waals surface area contributed by atoms with E-state index < -0.39 is 0 Å². The van der Waals surface area contributed by atoms with Crippen LogP contribution in [0.3, 0.4) is 0 Å². The van der Waals surface area contributed by atoms with E-state index in [1.165, 1.54) is 25.7 Å². The number of hydrogen-bond acceptors (Lipinski definition) is 3. The standard InChI is InChI=1S/C18H28N2O2/c1-3-5-6-7-8-9-10-18(22)20-19-17(4-2)15-11-13-16(21)14-12-15/h11-14,21H,3-10H2,1-2H3,(H,20,22)/b19-17+. The van der Waals surface area contributed by atoms with E-state index in [0.717, 1.165) is 30.5 Å². The third-order valence-electron chi connectivity index (χ3n) is 3.61. The van der Waals surface area contributed by atoms with Gasteiger partial charge in [0.2, 0.25) is 5.91 Å². The summed E-state index contributed by atoms with van der Waals surface area (Å²) in [7, 11) is 0. The summed E-state index contributed by atoms with van der Waals surface area (Å²) in [5.74, 6) is 0.200. The molecule has 0 bridgehead atoms. The first-order valence-electron chi connectivity index (χ1n) is 8.32. The van der Waals surface area contributed by atoms with Gasteiger partial charge in [-0.05, 0) is 42.7 Å². The number of phenols is 1. The maximum Gasteiger partial charge on any atom is 0.240 e. The molecule has 2 N–H and O–H groups in total. The largest absolute Gasteiger partial charge is 0.508 e. The Kier molecular flexibility index (Phi) is 8.96. The van der Waals surface area contributed by atoms with E-state index in [9.17, 15) is 9.90 Å². The minimum Gasteiger partial charge on any atom is -0.508 e. The summed E-state index contributed by atoms with van der Waals surface area (Å²) in [6.07, 6.45) is 8.27. The van der Waals surface area contributed by atoms with Crippen molar-refractivity contribution in [3.05, 3.63) is 29.8 Å². The highest BCUT2D eigenvalue weighted by Gasteiger charge is 2.04. The molecular weight excluding hydrogens is 276 g/mol. The summed E-state index contributed by atoms with van der Waals surface area (Å²) in [4.78, 5) is 11.8. The highest BCUT2D eigenvalue weighted by molar-refractivity contribution is 6.00. The predicted octanol–water partition coefficient (Wildman–Crippen LogP) is 4.37. The molecule has 0 unspecified atom stereocenters. The number of benzene rings is 1. The van der Waals surface area contributed by atoms with E-state index in [1.807, 2.05) is 6.92 Å². The van der Waals surface area contributed by atoms with Crippen LogP contribution in [0.2, 0.25) is 0 Å². The molecule has 0 atom stereocenters. The second-order valence-corrected chi connectivity index (χ2v) is 5.51. The molecule has 22 heavy (non-hydrogen) atoms. The van der Waals surface area contributed by atoms with Gasteiger partial charge in [0.15, 0.2) is 0 Å². The summed E-state index contributed by atoms with van der Waals surface area (Å²) in [5, 5.41) is 13.5. The van der Waals surface area contributed by atoms with Gasteiger partial charge in [-0.15, -0.1) is 0 Å². The number of hydrazone groups is 1. The normalized spacial score (nSPS) is 11.5. The van der Waals surface area contributed by atoms with Crippen LogP contribution in [0.5, 0.6) is 5.75 Å². The molecule has 0 saturated heterocycles. The van der Waals surface area contributed by atoms with E-state index >= 15 is 0 Å². The minimum absolute atomic E-state index is 0.0276. The molecule has 1 rings (SSSR count). The summed E-state index contributed by atoms with van der Waals surface area (Å²) < 4.78 is 0. The van der Waals surface area contributed by atoms with Crippen LogP contribution < -0.4 is 5.43 Å². The summed E-state index contributed by atoms with van der Waals surface area (Å²) in [6, 6.07) is 6.85. The van der Waals surface area contributed by atoms with Crippen molar-refractivity contribution in [2.24, 2.45) is 5.10 Å². The third-order valence-corrected chi connectivity index (χ3v) is 3.61. The highest BCUT2D eigenvalue weighted by atomic mass is 16.3. The molecule has 4 heteroatoms. The zero-order valence-electron chi connectivity index (χ0n) is 13.8. The van der Waals surface area contributed by atoms with Gasteiger partial charge in [-0.25, -0.2) is 5.43 Å². The van der Waals surface area contributed by atoms with Crippen LogP contribution >= 0.6 is 0 Å². The number of rotatable bonds is 10. The average molecular weight is 304 g/mol. The van der Waals surface area contributed by atoms with E-state index in [2.05, 4.69) is 17.5 Å². The van der Waals surface area contributed by atoms with E-state index in [-0.39, 0.29) is 11.7 Å². The Hall–Kier alpha value is -1.84. The molecule has 1 amide bonds. The Balaban J connectivity index is 2.34. The van der Waals surface area contributed by atoms with Crippen molar-refractivity contribution in [2.45, 2.75) is 65.2 Å². The van der Waals surface area contributed by atoms with Crippen molar-refractivity contribution in [3.8, 4) is 5.75 Å². The fourth-order valence-electron chi connectivity index (χ4n) is 2.25. The number of hydrogen-bond donors (Lipinski definition) is 2. The molecule has 1 aromatic carbocycles. The zero-order valence-corrected chi connectivity index (χ0v) is 13.8. The van der Waals surface area contributed by atoms with Crippen molar-refractivity contribution < 1.29 is 9.90 Å². The number of phenolic OH excluding ortho intramolecular Hbond substituents is 1. The Morgan fingerprint density at radius 3 is 2.32 bits per heavy atom. The number of carbonyl (C=O) groups is 1. The van der Waals surface area contributed by atoms with Crippen molar-refractivity contribution in [2.75, 3.05) is 0 Å². The molecule has 0 aliphatic carbocycles. The van der Waals surface area contributed by atoms with Gasteiger partial charge in [0, 0.05) is 6.42 Å². The number of amides is 1. The van der Waals surface area contributed by atoms with Crippen LogP contribution in [0.1, 0.15) is 70.8 Å². The third kappa shape index (κ3) is 7.25. The minimum atomic E-state index is -0.0276. The molecule has 0 saturated carbocycles. The molecule has 1 aromatic rings. The van der Waals surface area contributed by atoms with E-state index in [4.69, 9.17) is 0 Å². The Labute approximate surface area is 133 Å². The molecule has 0 heterocycles. The van der Waals surface area contributed by atoms with Crippen LogP contribution in [-0.4, -0.2) is 16.7 Å². The number of nitrogens with zero attached hydrogens (tertiary/aromatic N) is 1. The SMILES string of the molecule is CCCCCCCCC(=O)N/N=C(\CC)c1ccc(O)cc1. The fraction of sp³-hybridized carbons (Fsp3) is 0.556. The lowest BCUT2D eigenvalue weighted by atomic mass is 10.1. The molecular formula is C18H28N2O2. The van der Waals surface area contributed by atoms with Crippen LogP contribution in [-0.2, 0) is 4.79 Å². The molecule has 0 fully saturated rings. The first kappa shape index (κ1) is 18.2. The Morgan fingerprint density at radius 2 is 1.68 bits per heavy atom. The number of nitrogens with one attached hydrogen (secondary N) is 1. The lowest BCUT2D eigenvalue weighted by molar-refractivity contribution is -0.121. The van der Waals surface area contributed by atoms with E-state index in [0.29, 0.717) is 6.42 Å². The van der Waals surface area contributed by atoms with E-state index in [1.54, 1.807) is 24.3 Å². The molecule has 0 aromatic heterocycles. The fourth-order valence-corrected chi connectivity index (χ4v) is 2.25. The smallest absolute Gasteiger partial charge is 0.240 e. The monoisotopic (exact) mass is 304 g/mol. The van der Waals surface area contributed by atoms with Gasteiger partial charge in [-0.1, -0.05) is 46.0 Å². The topological polar surface area (TPSA) is 61.7 Å². The first-order chi connectivity index (χ1) is 10.7. The van der Waals surface area contributed by atoms with Gasteiger partial charge in [-0.3, -0.25) is 4.79 Å². The van der Waals surface area contributed by atoms with Crippen molar-refractivity contribution in [1.82, 2.24) is 5.43 Å². The number of carbonyl (C=O) groups excluding carboxylic acids is 1. The maximum atomic E-state index is 11.8. The number of aromatic hydroxyl groups is 1.